The topological polar surface area (TPSA) is 97.4 Å². The molecule has 7 heteroatoms. The maximum absolute atomic E-state index is 11.6. The van der Waals surface area contributed by atoms with Gasteiger partial charge in [0.25, 0.3) is 5.91 Å². The molecule has 2 amide bonds. The first-order chi connectivity index (χ1) is 9.63. The molecular formula is C13H17N3O4. The molecule has 0 unspecified atom stereocenters. The van der Waals surface area contributed by atoms with Crippen LogP contribution in [-0.4, -0.2) is 29.9 Å². The van der Waals surface area contributed by atoms with Crippen LogP contribution in [0.15, 0.2) is 24.4 Å². The molecular weight excluding hydrogens is 262 g/mol. The molecule has 1 heterocycles. The Labute approximate surface area is 116 Å². The summed E-state index contributed by atoms with van der Waals surface area (Å²) in [5, 5.41) is 0. The van der Waals surface area contributed by atoms with Crippen LogP contribution in [0.25, 0.3) is 0 Å². The summed E-state index contributed by atoms with van der Waals surface area (Å²) < 4.78 is 4.48. The monoisotopic (exact) mass is 279 g/mol. The SMILES string of the molecule is COC(=O)CCCCC(=O)NNC(=O)c1ccccn1. The van der Waals surface area contributed by atoms with E-state index >= 15 is 0 Å². The van der Waals surface area contributed by atoms with E-state index in [0.29, 0.717) is 12.8 Å². The number of nitrogens with zero attached hydrogens (tertiary/aromatic N) is 1. The van der Waals surface area contributed by atoms with Crippen molar-refractivity contribution in [1.82, 2.24) is 15.8 Å². The number of ether oxygens (including phenoxy) is 1. The second-order valence-electron chi connectivity index (χ2n) is 4.00. The minimum atomic E-state index is -0.478. The fraction of sp³-hybridized carbons (Fsp3) is 0.385. The first kappa shape index (κ1) is 15.6. The molecule has 1 rings (SSSR count). The number of esters is 1. The predicted molar refractivity (Wildman–Crippen MR) is 70.3 cm³/mol. The highest BCUT2D eigenvalue weighted by Gasteiger charge is 2.08. The van der Waals surface area contributed by atoms with Crippen molar-refractivity contribution in [2.45, 2.75) is 25.7 Å². The molecule has 0 bridgehead atoms. The van der Waals surface area contributed by atoms with E-state index in [4.69, 9.17) is 0 Å². The van der Waals surface area contributed by atoms with E-state index in [2.05, 4.69) is 20.6 Å². The average molecular weight is 279 g/mol. The number of methoxy groups -OCH3 is 1. The minimum Gasteiger partial charge on any atom is -0.469 e. The lowest BCUT2D eigenvalue weighted by Gasteiger charge is -2.06. The Morgan fingerprint density at radius 3 is 2.55 bits per heavy atom. The molecule has 0 radical (unpaired) electrons. The lowest BCUT2D eigenvalue weighted by atomic mass is 10.2. The zero-order valence-electron chi connectivity index (χ0n) is 11.2. The van der Waals surface area contributed by atoms with Crippen molar-refractivity contribution in [2.75, 3.05) is 7.11 Å². The van der Waals surface area contributed by atoms with Gasteiger partial charge in [-0.2, -0.15) is 0 Å². The van der Waals surface area contributed by atoms with Crippen LogP contribution < -0.4 is 10.9 Å². The van der Waals surface area contributed by atoms with E-state index in [9.17, 15) is 14.4 Å². The maximum atomic E-state index is 11.6. The lowest BCUT2D eigenvalue weighted by molar-refractivity contribution is -0.140. The zero-order valence-corrected chi connectivity index (χ0v) is 11.2. The number of hydrogen-bond donors (Lipinski definition) is 2. The molecule has 2 N–H and O–H groups in total. The standard InChI is InChI=1S/C13H17N3O4/c1-20-12(18)8-3-2-7-11(17)15-16-13(19)10-6-4-5-9-14-10/h4-6,9H,2-3,7-8H2,1H3,(H,15,17)(H,16,19). The molecule has 0 aliphatic rings. The van der Waals surface area contributed by atoms with Crippen LogP contribution in [0, 0.1) is 0 Å². The van der Waals surface area contributed by atoms with E-state index in [1.807, 2.05) is 0 Å². The van der Waals surface area contributed by atoms with Crippen LogP contribution in [-0.2, 0) is 14.3 Å². The number of rotatable bonds is 6. The van der Waals surface area contributed by atoms with Crippen molar-refractivity contribution in [3.05, 3.63) is 30.1 Å². The third-order valence-corrected chi connectivity index (χ3v) is 2.48. The van der Waals surface area contributed by atoms with E-state index < -0.39 is 5.91 Å². The summed E-state index contributed by atoms with van der Waals surface area (Å²) in [4.78, 5) is 37.7. The number of aromatic nitrogens is 1. The van der Waals surface area contributed by atoms with Gasteiger partial charge >= 0.3 is 5.97 Å². The normalized spacial score (nSPS) is 9.65. The van der Waals surface area contributed by atoms with Gasteiger partial charge in [0, 0.05) is 19.0 Å². The van der Waals surface area contributed by atoms with Gasteiger partial charge in [0.1, 0.15) is 5.69 Å². The molecule has 0 atom stereocenters. The number of hydrogen-bond acceptors (Lipinski definition) is 5. The number of unbranched alkanes of at least 4 members (excludes halogenated alkanes) is 1. The number of carbonyl (C=O) groups is 3. The molecule has 0 aliphatic heterocycles. The van der Waals surface area contributed by atoms with Gasteiger partial charge in [0.15, 0.2) is 0 Å². The van der Waals surface area contributed by atoms with Crippen LogP contribution in [0.5, 0.6) is 0 Å². The maximum Gasteiger partial charge on any atom is 0.305 e. The van der Waals surface area contributed by atoms with Crippen molar-refractivity contribution in [3.63, 3.8) is 0 Å². The highest BCUT2D eigenvalue weighted by atomic mass is 16.5. The Bertz CT molecular complexity index is 462. The van der Waals surface area contributed by atoms with Crippen molar-refractivity contribution in [1.29, 1.82) is 0 Å². The smallest absolute Gasteiger partial charge is 0.305 e. The molecule has 7 nitrogen and oxygen atoms in total. The molecule has 1 aromatic heterocycles. The summed E-state index contributed by atoms with van der Waals surface area (Å²) in [6, 6.07) is 4.91. The molecule has 0 fully saturated rings. The van der Waals surface area contributed by atoms with E-state index in [1.54, 1.807) is 12.1 Å². The summed E-state index contributed by atoms with van der Waals surface area (Å²) in [7, 11) is 1.32. The molecule has 20 heavy (non-hydrogen) atoms. The summed E-state index contributed by atoms with van der Waals surface area (Å²) >= 11 is 0. The van der Waals surface area contributed by atoms with Gasteiger partial charge in [0.05, 0.1) is 7.11 Å². The molecule has 0 saturated carbocycles. The number of carbonyl (C=O) groups excluding carboxylic acids is 3. The Morgan fingerprint density at radius 2 is 1.90 bits per heavy atom. The van der Waals surface area contributed by atoms with E-state index in [0.717, 1.165) is 0 Å². The van der Waals surface area contributed by atoms with Crippen molar-refractivity contribution < 1.29 is 19.1 Å². The first-order valence-electron chi connectivity index (χ1n) is 6.20. The van der Waals surface area contributed by atoms with Crippen LogP contribution in [0.2, 0.25) is 0 Å². The Hall–Kier alpha value is -2.44. The number of hydrazine groups is 1. The van der Waals surface area contributed by atoms with Gasteiger partial charge in [-0.1, -0.05) is 6.07 Å². The Balaban J connectivity index is 2.17. The van der Waals surface area contributed by atoms with Crippen LogP contribution in [0.3, 0.4) is 0 Å². The van der Waals surface area contributed by atoms with Crippen LogP contribution in [0.1, 0.15) is 36.2 Å². The summed E-state index contributed by atoms with van der Waals surface area (Å²) in [6.45, 7) is 0. The molecule has 0 spiro atoms. The van der Waals surface area contributed by atoms with Gasteiger partial charge < -0.3 is 4.74 Å². The van der Waals surface area contributed by atoms with Crippen molar-refractivity contribution >= 4 is 17.8 Å². The lowest BCUT2D eigenvalue weighted by Crippen LogP contribution is -2.41. The number of amides is 2. The first-order valence-corrected chi connectivity index (χ1v) is 6.20. The Morgan fingerprint density at radius 1 is 1.15 bits per heavy atom. The number of pyridine rings is 1. The highest BCUT2D eigenvalue weighted by Crippen LogP contribution is 2.00. The van der Waals surface area contributed by atoms with Gasteiger partial charge in [-0.15, -0.1) is 0 Å². The number of nitrogens with one attached hydrogen (secondary N) is 2. The molecule has 1 aromatic rings. The average Bonchev–Trinajstić information content (AvgIpc) is 2.49. The van der Waals surface area contributed by atoms with Crippen molar-refractivity contribution in [2.24, 2.45) is 0 Å². The fourth-order valence-corrected chi connectivity index (χ4v) is 1.41. The van der Waals surface area contributed by atoms with E-state index in [1.165, 1.54) is 19.4 Å². The third kappa shape index (κ3) is 5.94. The largest absolute Gasteiger partial charge is 0.469 e. The van der Waals surface area contributed by atoms with E-state index in [-0.39, 0.29) is 30.4 Å². The predicted octanol–water partition coefficient (Wildman–Crippen LogP) is 0.576. The van der Waals surface area contributed by atoms with Crippen molar-refractivity contribution in [3.8, 4) is 0 Å². The van der Waals surface area contributed by atoms with Gasteiger partial charge in [0.2, 0.25) is 5.91 Å². The molecule has 108 valence electrons. The van der Waals surface area contributed by atoms with Gasteiger partial charge in [-0.25, -0.2) is 0 Å². The second-order valence-corrected chi connectivity index (χ2v) is 4.00. The second kappa shape index (κ2) is 8.63. The fourth-order valence-electron chi connectivity index (χ4n) is 1.41. The Kier molecular flexibility index (Phi) is 6.74. The quantitative estimate of drug-likeness (QED) is 0.451. The van der Waals surface area contributed by atoms with Gasteiger partial charge in [-0.05, 0) is 25.0 Å². The van der Waals surface area contributed by atoms with Crippen LogP contribution in [0.4, 0.5) is 0 Å². The summed E-state index contributed by atoms with van der Waals surface area (Å²) in [6.07, 6.45) is 3.10. The highest BCUT2D eigenvalue weighted by molar-refractivity contribution is 5.93. The minimum absolute atomic E-state index is 0.221. The summed E-state index contributed by atoms with van der Waals surface area (Å²) in [5.74, 6) is -1.10. The molecule has 0 aliphatic carbocycles. The molecule has 0 saturated heterocycles. The summed E-state index contributed by atoms with van der Waals surface area (Å²) in [5.41, 5.74) is 4.78. The third-order valence-electron chi connectivity index (χ3n) is 2.48. The van der Waals surface area contributed by atoms with Crippen LogP contribution >= 0.6 is 0 Å². The zero-order chi connectivity index (χ0) is 14.8. The van der Waals surface area contributed by atoms with Gasteiger partial charge in [-0.3, -0.25) is 30.2 Å². The molecule has 0 aromatic carbocycles.